The van der Waals surface area contributed by atoms with E-state index < -0.39 is 7.12 Å². The minimum Gasteiger partial charge on any atom is -0.493 e. The van der Waals surface area contributed by atoms with Gasteiger partial charge in [-0.3, -0.25) is 4.98 Å². The number of methoxy groups -OCH3 is 1. The van der Waals surface area contributed by atoms with Crippen molar-refractivity contribution in [1.29, 1.82) is 0 Å². The number of pyridine rings is 1. The van der Waals surface area contributed by atoms with E-state index >= 15 is 0 Å². The molecule has 132 valence electrons. The number of benzene rings is 1. The fourth-order valence-corrected chi connectivity index (χ4v) is 3.08. The van der Waals surface area contributed by atoms with E-state index in [0.29, 0.717) is 19.5 Å². The third kappa shape index (κ3) is 4.14. The van der Waals surface area contributed by atoms with Gasteiger partial charge in [-0.1, -0.05) is 6.92 Å². The van der Waals surface area contributed by atoms with Gasteiger partial charge in [0, 0.05) is 23.8 Å². The van der Waals surface area contributed by atoms with Gasteiger partial charge in [-0.25, -0.2) is 0 Å². The van der Waals surface area contributed by atoms with Crippen molar-refractivity contribution in [3.05, 3.63) is 41.6 Å². The molecule has 1 aliphatic heterocycles. The highest BCUT2D eigenvalue weighted by atomic mass is 16.5. The van der Waals surface area contributed by atoms with Gasteiger partial charge in [0.1, 0.15) is 0 Å². The number of hydrogen-bond donors (Lipinski definition) is 1. The molecule has 5 nitrogen and oxygen atoms in total. The predicted octanol–water partition coefficient (Wildman–Crippen LogP) is 3.45. The summed E-state index contributed by atoms with van der Waals surface area (Å²) < 4.78 is 16.5. The summed E-state index contributed by atoms with van der Waals surface area (Å²) in [5, 5.41) is 9.62. The van der Waals surface area contributed by atoms with Crippen molar-refractivity contribution in [3.8, 4) is 22.8 Å². The maximum Gasteiger partial charge on any atom is 0.454 e. The minimum atomic E-state index is -0.669. The van der Waals surface area contributed by atoms with Crippen LogP contribution in [-0.4, -0.2) is 37.4 Å². The van der Waals surface area contributed by atoms with Crippen LogP contribution in [0.5, 0.6) is 11.5 Å². The highest BCUT2D eigenvalue weighted by Gasteiger charge is 2.30. The van der Waals surface area contributed by atoms with Crippen LogP contribution in [0, 0.1) is 6.92 Å². The van der Waals surface area contributed by atoms with Crippen LogP contribution in [0.1, 0.15) is 30.5 Å². The van der Waals surface area contributed by atoms with E-state index in [9.17, 15) is 5.02 Å². The van der Waals surface area contributed by atoms with Gasteiger partial charge in [-0.2, -0.15) is 0 Å². The molecule has 2 aromatic rings. The largest absolute Gasteiger partial charge is 0.493 e. The van der Waals surface area contributed by atoms with E-state index in [1.165, 1.54) is 0 Å². The second kappa shape index (κ2) is 7.89. The molecule has 0 amide bonds. The van der Waals surface area contributed by atoms with Crippen LogP contribution in [0.2, 0.25) is 6.32 Å². The molecule has 6 heteroatoms. The topological polar surface area (TPSA) is 60.8 Å². The Bertz CT molecular complexity index is 737. The highest BCUT2D eigenvalue weighted by Crippen LogP contribution is 2.34. The average Bonchev–Trinajstić information content (AvgIpc) is 3.05. The number of ether oxygens (including phenoxy) is 2. The maximum absolute atomic E-state index is 9.62. The first-order chi connectivity index (χ1) is 12.1. The smallest absolute Gasteiger partial charge is 0.454 e. The summed E-state index contributed by atoms with van der Waals surface area (Å²) in [5.41, 5.74) is 3.96. The Balaban J connectivity index is 1.94. The molecule has 1 aliphatic rings. The Morgan fingerprint density at radius 3 is 2.80 bits per heavy atom. The van der Waals surface area contributed by atoms with E-state index in [1.807, 2.05) is 25.1 Å². The van der Waals surface area contributed by atoms with Gasteiger partial charge in [0.25, 0.3) is 0 Å². The molecular weight excluding hydrogens is 317 g/mol. The highest BCUT2D eigenvalue weighted by molar-refractivity contribution is 6.43. The van der Waals surface area contributed by atoms with Crippen molar-refractivity contribution in [2.75, 3.05) is 20.3 Å². The second-order valence-electron chi connectivity index (χ2n) is 6.36. The van der Waals surface area contributed by atoms with Gasteiger partial charge in [-0.15, -0.1) is 0 Å². The first kappa shape index (κ1) is 17.8. The molecule has 2 heterocycles. The van der Waals surface area contributed by atoms with Crippen LogP contribution in [0.3, 0.4) is 0 Å². The van der Waals surface area contributed by atoms with Crippen molar-refractivity contribution < 1.29 is 19.2 Å². The normalized spacial score (nSPS) is 17.0. The van der Waals surface area contributed by atoms with Crippen molar-refractivity contribution in [1.82, 2.24) is 4.98 Å². The van der Waals surface area contributed by atoms with E-state index in [4.69, 9.17) is 14.1 Å². The van der Waals surface area contributed by atoms with Crippen LogP contribution >= 0.6 is 0 Å². The summed E-state index contributed by atoms with van der Waals surface area (Å²) in [6.07, 6.45) is 1.56. The van der Waals surface area contributed by atoms with Crippen LogP contribution in [-0.2, 0) is 4.65 Å². The zero-order chi connectivity index (χ0) is 17.8. The lowest BCUT2D eigenvalue weighted by Gasteiger charge is -2.14. The lowest BCUT2D eigenvalue weighted by Crippen LogP contribution is -2.07. The molecule has 25 heavy (non-hydrogen) atoms. The van der Waals surface area contributed by atoms with E-state index in [1.54, 1.807) is 7.11 Å². The summed E-state index contributed by atoms with van der Waals surface area (Å²) in [4.78, 5) is 4.67. The monoisotopic (exact) mass is 341 g/mol. The molecule has 1 fully saturated rings. The van der Waals surface area contributed by atoms with Crippen molar-refractivity contribution in [2.45, 2.75) is 32.5 Å². The SMILES string of the molecule is CCCOc1cc(-c2cc(C3COB(O)C3)cc(C)n2)ccc1OC. The third-order valence-electron chi connectivity index (χ3n) is 4.34. The van der Waals surface area contributed by atoms with Crippen molar-refractivity contribution >= 4 is 7.12 Å². The summed E-state index contributed by atoms with van der Waals surface area (Å²) in [6, 6.07) is 10.0. The molecule has 0 aliphatic carbocycles. The molecule has 1 aromatic heterocycles. The van der Waals surface area contributed by atoms with Crippen LogP contribution in [0.4, 0.5) is 0 Å². The molecule has 1 N–H and O–H groups in total. The molecule has 1 atom stereocenters. The van der Waals surface area contributed by atoms with Crippen molar-refractivity contribution in [2.24, 2.45) is 0 Å². The Kier molecular flexibility index (Phi) is 5.61. The van der Waals surface area contributed by atoms with Gasteiger partial charge in [0.2, 0.25) is 0 Å². The predicted molar refractivity (Wildman–Crippen MR) is 98.2 cm³/mol. The van der Waals surface area contributed by atoms with Gasteiger partial charge >= 0.3 is 7.12 Å². The van der Waals surface area contributed by atoms with E-state index in [-0.39, 0.29) is 5.92 Å². The fourth-order valence-electron chi connectivity index (χ4n) is 3.08. The number of nitrogens with zero attached hydrogens (tertiary/aromatic N) is 1. The minimum absolute atomic E-state index is 0.199. The van der Waals surface area contributed by atoms with Crippen LogP contribution in [0.15, 0.2) is 30.3 Å². The van der Waals surface area contributed by atoms with Gasteiger partial charge in [0.15, 0.2) is 11.5 Å². The standard InChI is InChI=1S/C19H24BNO4/c1-4-7-24-19-10-14(5-6-18(19)23-3)17-9-15(8-13(2)21-17)16-11-20(22)25-12-16/h5-6,8-10,16,22H,4,7,11-12H2,1-3H3. The van der Waals surface area contributed by atoms with Gasteiger partial charge < -0.3 is 19.2 Å². The number of aryl methyl sites for hydroxylation is 1. The zero-order valence-corrected chi connectivity index (χ0v) is 15.0. The summed E-state index contributed by atoms with van der Waals surface area (Å²) in [5.74, 6) is 1.65. The molecule has 0 spiro atoms. The molecule has 0 bridgehead atoms. The number of hydrogen-bond acceptors (Lipinski definition) is 5. The summed E-state index contributed by atoms with van der Waals surface area (Å²) in [7, 11) is 0.972. The lowest BCUT2D eigenvalue weighted by atomic mass is 9.79. The number of rotatable bonds is 6. The maximum atomic E-state index is 9.62. The first-order valence-electron chi connectivity index (χ1n) is 8.70. The average molecular weight is 341 g/mol. The fraction of sp³-hybridized carbons (Fsp3) is 0.421. The zero-order valence-electron chi connectivity index (χ0n) is 15.0. The van der Waals surface area contributed by atoms with Crippen LogP contribution < -0.4 is 9.47 Å². The first-order valence-corrected chi connectivity index (χ1v) is 8.70. The quantitative estimate of drug-likeness (QED) is 0.816. The Hall–Kier alpha value is -2.05. The molecular formula is C19H24BNO4. The Morgan fingerprint density at radius 1 is 1.28 bits per heavy atom. The second-order valence-corrected chi connectivity index (χ2v) is 6.36. The summed E-state index contributed by atoms with van der Waals surface area (Å²) in [6.45, 7) is 5.24. The molecule has 1 aromatic carbocycles. The lowest BCUT2D eigenvalue weighted by molar-refractivity contribution is 0.292. The van der Waals surface area contributed by atoms with E-state index in [2.05, 4.69) is 24.0 Å². The Labute approximate surface area is 149 Å². The van der Waals surface area contributed by atoms with Crippen LogP contribution in [0.25, 0.3) is 11.3 Å². The summed E-state index contributed by atoms with van der Waals surface area (Å²) >= 11 is 0. The molecule has 0 saturated carbocycles. The molecule has 3 rings (SSSR count). The third-order valence-corrected chi connectivity index (χ3v) is 4.34. The Morgan fingerprint density at radius 2 is 2.12 bits per heavy atom. The van der Waals surface area contributed by atoms with E-state index in [0.717, 1.165) is 40.4 Å². The molecule has 1 unspecified atom stereocenters. The molecule has 1 saturated heterocycles. The van der Waals surface area contributed by atoms with Gasteiger partial charge in [-0.05, 0) is 55.6 Å². The molecule has 0 radical (unpaired) electrons. The van der Waals surface area contributed by atoms with Gasteiger partial charge in [0.05, 0.1) is 19.4 Å². The van der Waals surface area contributed by atoms with Crippen molar-refractivity contribution in [3.63, 3.8) is 0 Å². The number of aromatic nitrogens is 1.